The molecule has 8 heteroatoms. The van der Waals surface area contributed by atoms with Crippen molar-refractivity contribution >= 4 is 28.4 Å². The molecule has 33 heavy (non-hydrogen) atoms. The van der Waals surface area contributed by atoms with Gasteiger partial charge < -0.3 is 25.5 Å². The summed E-state index contributed by atoms with van der Waals surface area (Å²) in [5.74, 6) is 1.77. The predicted molar refractivity (Wildman–Crippen MR) is 126 cm³/mol. The van der Waals surface area contributed by atoms with Gasteiger partial charge in [0.2, 0.25) is 5.91 Å². The van der Waals surface area contributed by atoms with Gasteiger partial charge in [-0.25, -0.2) is 9.97 Å². The van der Waals surface area contributed by atoms with Crippen LogP contribution in [0.3, 0.4) is 0 Å². The summed E-state index contributed by atoms with van der Waals surface area (Å²) in [6.45, 7) is 2.47. The number of ether oxygens (including phenoxy) is 1. The number of nitrogens with one attached hydrogen (secondary N) is 1. The molecule has 0 unspecified atom stereocenters. The fourth-order valence-electron chi connectivity index (χ4n) is 4.18. The summed E-state index contributed by atoms with van der Waals surface area (Å²) in [5.41, 5.74) is 9.42. The lowest BCUT2D eigenvalue weighted by molar-refractivity contribution is -0.120. The lowest BCUT2D eigenvalue weighted by Crippen LogP contribution is -2.28. The number of aryl methyl sites for hydroxylation is 1. The first kappa shape index (κ1) is 21.0. The summed E-state index contributed by atoms with van der Waals surface area (Å²) in [4.78, 5) is 20.6. The number of primary amides is 1. The number of aliphatic hydroxyl groups excluding tert-OH is 1. The second kappa shape index (κ2) is 8.22. The molecule has 1 fully saturated rings. The van der Waals surface area contributed by atoms with Gasteiger partial charge >= 0.3 is 0 Å². The Morgan fingerprint density at radius 1 is 1.21 bits per heavy atom. The van der Waals surface area contributed by atoms with Crippen LogP contribution in [0.4, 0.5) is 11.5 Å². The van der Waals surface area contributed by atoms with E-state index in [1.54, 1.807) is 0 Å². The first-order valence-electron chi connectivity index (χ1n) is 10.9. The molecule has 2 heterocycles. The fraction of sp³-hybridized carbons (Fsp3) is 0.240. The van der Waals surface area contributed by atoms with Crippen molar-refractivity contribution in [2.45, 2.75) is 31.7 Å². The van der Waals surface area contributed by atoms with Gasteiger partial charge in [0, 0.05) is 18.4 Å². The topological polar surface area (TPSA) is 115 Å². The van der Waals surface area contributed by atoms with Gasteiger partial charge in [0.05, 0.1) is 17.5 Å². The molecule has 0 spiro atoms. The zero-order valence-corrected chi connectivity index (χ0v) is 18.3. The molecule has 5 rings (SSSR count). The number of benzene rings is 2. The number of aromatic nitrogens is 3. The van der Waals surface area contributed by atoms with Crippen LogP contribution >= 0.6 is 0 Å². The molecule has 1 amide bonds. The highest BCUT2D eigenvalue weighted by Crippen LogP contribution is 2.48. The number of amides is 1. The van der Waals surface area contributed by atoms with Crippen molar-refractivity contribution in [1.82, 2.24) is 14.5 Å². The maximum Gasteiger partial charge on any atom is 0.228 e. The highest BCUT2D eigenvalue weighted by Gasteiger charge is 2.50. The summed E-state index contributed by atoms with van der Waals surface area (Å²) < 4.78 is 8.05. The minimum absolute atomic E-state index is 0.0328. The van der Waals surface area contributed by atoms with Gasteiger partial charge in [0.1, 0.15) is 23.3 Å². The van der Waals surface area contributed by atoms with Gasteiger partial charge in [-0.2, -0.15) is 0 Å². The van der Waals surface area contributed by atoms with Crippen LogP contribution in [0.5, 0.6) is 11.5 Å². The first-order chi connectivity index (χ1) is 16.0. The number of aliphatic hydroxyl groups is 1. The average Bonchev–Trinajstić information content (AvgIpc) is 3.53. The van der Waals surface area contributed by atoms with Gasteiger partial charge in [-0.3, -0.25) is 4.79 Å². The first-order valence-corrected chi connectivity index (χ1v) is 10.9. The normalized spacial score (nSPS) is 14.2. The van der Waals surface area contributed by atoms with Crippen LogP contribution < -0.4 is 15.8 Å². The van der Waals surface area contributed by atoms with Crippen LogP contribution in [-0.4, -0.2) is 32.2 Å². The third-order valence-electron chi connectivity index (χ3n) is 6.16. The van der Waals surface area contributed by atoms with Crippen LogP contribution in [0.1, 0.15) is 24.0 Å². The minimum Gasteiger partial charge on any atom is -0.457 e. The lowest BCUT2D eigenvalue weighted by atomic mass is 9.95. The largest absolute Gasteiger partial charge is 0.457 e. The molecular formula is C25H25N5O3. The molecule has 1 aliphatic rings. The highest BCUT2D eigenvalue weighted by molar-refractivity contribution is 5.90. The highest BCUT2D eigenvalue weighted by atomic mass is 16.5. The van der Waals surface area contributed by atoms with E-state index in [1.807, 2.05) is 66.2 Å². The number of anilines is 2. The van der Waals surface area contributed by atoms with E-state index in [9.17, 15) is 9.90 Å². The Kier molecular flexibility index (Phi) is 5.22. The molecule has 0 atom stereocenters. The zero-order chi connectivity index (χ0) is 23.0. The summed E-state index contributed by atoms with van der Waals surface area (Å²) in [5, 5.41) is 12.7. The number of rotatable bonds is 8. The molecule has 0 radical (unpaired) electrons. The Balaban J connectivity index is 1.38. The zero-order valence-electron chi connectivity index (χ0n) is 18.3. The van der Waals surface area contributed by atoms with E-state index >= 15 is 0 Å². The molecule has 2 aromatic carbocycles. The second-order valence-electron chi connectivity index (χ2n) is 8.37. The third kappa shape index (κ3) is 3.89. The van der Waals surface area contributed by atoms with Crippen LogP contribution in [0, 0.1) is 6.92 Å². The van der Waals surface area contributed by atoms with Crippen LogP contribution in [0.2, 0.25) is 0 Å². The molecular weight excluding hydrogens is 418 g/mol. The molecule has 4 aromatic rings. The molecule has 1 saturated carbocycles. The molecule has 168 valence electrons. The van der Waals surface area contributed by atoms with Crippen molar-refractivity contribution in [3.05, 3.63) is 72.2 Å². The van der Waals surface area contributed by atoms with Crippen molar-refractivity contribution in [3.8, 4) is 11.5 Å². The molecule has 0 aliphatic heterocycles. The molecule has 0 saturated heterocycles. The van der Waals surface area contributed by atoms with Crippen molar-refractivity contribution in [2.24, 2.45) is 5.73 Å². The second-order valence-corrected chi connectivity index (χ2v) is 8.37. The van der Waals surface area contributed by atoms with E-state index in [1.165, 1.54) is 6.33 Å². The van der Waals surface area contributed by atoms with E-state index < -0.39 is 5.41 Å². The van der Waals surface area contributed by atoms with Crippen molar-refractivity contribution in [1.29, 1.82) is 0 Å². The summed E-state index contributed by atoms with van der Waals surface area (Å²) in [6.07, 6.45) is 4.97. The maximum atomic E-state index is 11.9. The summed E-state index contributed by atoms with van der Waals surface area (Å²) >= 11 is 0. The number of hydrogen-bond donors (Lipinski definition) is 3. The molecule has 2 aromatic heterocycles. The smallest absolute Gasteiger partial charge is 0.228 e. The Bertz CT molecular complexity index is 1340. The van der Waals surface area contributed by atoms with E-state index in [-0.39, 0.29) is 12.5 Å². The number of fused-ring (bicyclic) bond motifs is 1. The summed E-state index contributed by atoms with van der Waals surface area (Å²) in [7, 11) is 0. The number of nitrogens with two attached hydrogens (primary N) is 1. The van der Waals surface area contributed by atoms with Crippen molar-refractivity contribution in [3.63, 3.8) is 0 Å². The Labute approximate surface area is 191 Å². The van der Waals surface area contributed by atoms with Crippen molar-refractivity contribution < 1.29 is 14.6 Å². The van der Waals surface area contributed by atoms with E-state index in [2.05, 4.69) is 15.3 Å². The Morgan fingerprint density at radius 3 is 2.79 bits per heavy atom. The quantitative estimate of drug-likeness (QED) is 0.382. The van der Waals surface area contributed by atoms with Gasteiger partial charge in [-0.15, -0.1) is 0 Å². The van der Waals surface area contributed by atoms with Crippen molar-refractivity contribution in [2.75, 3.05) is 11.9 Å². The van der Waals surface area contributed by atoms with Crippen LogP contribution in [0.15, 0.2) is 61.1 Å². The molecule has 8 nitrogen and oxygen atoms in total. The number of nitrogens with zero attached hydrogens (tertiary/aromatic N) is 3. The van der Waals surface area contributed by atoms with Gasteiger partial charge in [-0.05, 0) is 67.3 Å². The number of hydrogen-bond acceptors (Lipinski definition) is 6. The maximum absolute atomic E-state index is 11.9. The number of carbonyl (C=O) groups excluding carboxylic acids is 1. The van der Waals surface area contributed by atoms with E-state index in [0.717, 1.165) is 46.4 Å². The average molecular weight is 444 g/mol. The lowest BCUT2D eigenvalue weighted by Gasteiger charge is -2.15. The Hall–Kier alpha value is -3.91. The van der Waals surface area contributed by atoms with Gasteiger partial charge in [-0.1, -0.05) is 12.1 Å². The predicted octanol–water partition coefficient (Wildman–Crippen LogP) is 3.78. The molecule has 4 N–H and O–H groups in total. The Morgan fingerprint density at radius 2 is 2.06 bits per heavy atom. The minimum atomic E-state index is -0.543. The third-order valence-corrected chi connectivity index (χ3v) is 6.16. The SMILES string of the molecule is Cc1cc(Nc2ncnc3ccn(CCO)c23)ccc1Oc1cccc(C2(C(N)=O)CC2)c1. The van der Waals surface area contributed by atoms with Crippen LogP contribution in [-0.2, 0) is 16.8 Å². The monoisotopic (exact) mass is 443 g/mol. The molecule has 1 aliphatic carbocycles. The van der Waals surface area contributed by atoms with Gasteiger partial charge in [0.15, 0.2) is 5.82 Å². The van der Waals surface area contributed by atoms with Gasteiger partial charge in [0.25, 0.3) is 0 Å². The van der Waals surface area contributed by atoms with E-state index in [4.69, 9.17) is 10.5 Å². The van der Waals surface area contributed by atoms with Crippen LogP contribution in [0.25, 0.3) is 11.0 Å². The fourth-order valence-corrected chi connectivity index (χ4v) is 4.18. The summed E-state index contributed by atoms with van der Waals surface area (Å²) in [6, 6.07) is 15.3. The number of carbonyl (C=O) groups is 1. The standard InChI is InChI=1S/C25H25N5O3/c1-16-13-18(29-23-22-20(27-15-28-23)7-10-30(22)11-12-31)5-6-21(16)33-19-4-2-3-17(14-19)25(8-9-25)24(26)32/h2-7,10,13-15,31H,8-9,11-12H2,1H3,(H2,26,32)(H,27,28,29). The molecule has 0 bridgehead atoms. The van der Waals surface area contributed by atoms with E-state index in [0.29, 0.717) is 18.1 Å².